The van der Waals surface area contributed by atoms with Gasteiger partial charge in [-0.2, -0.15) is 0 Å². The Balaban J connectivity index is 2.94. The van der Waals surface area contributed by atoms with E-state index in [-0.39, 0.29) is 10.8 Å². The largest absolute Gasteiger partial charge is 0.326 e. The van der Waals surface area contributed by atoms with Crippen LogP contribution < -0.4 is 10.0 Å². The van der Waals surface area contributed by atoms with Gasteiger partial charge in [0.2, 0.25) is 15.9 Å². The molecule has 1 aromatic rings. The van der Waals surface area contributed by atoms with E-state index in [4.69, 9.17) is 0 Å². The molecule has 0 radical (unpaired) electrons. The van der Waals surface area contributed by atoms with E-state index in [9.17, 15) is 13.2 Å². The monoisotopic (exact) mass is 270 g/mol. The van der Waals surface area contributed by atoms with Crippen LogP contribution in [0, 0.1) is 0 Å². The van der Waals surface area contributed by atoms with Gasteiger partial charge in [0.1, 0.15) is 0 Å². The fraction of sp³-hybridized carbons (Fsp3) is 0.417. The molecule has 6 heteroatoms. The number of hydrogen-bond donors (Lipinski definition) is 2. The van der Waals surface area contributed by atoms with Crippen LogP contribution in [0.25, 0.3) is 0 Å². The molecule has 0 saturated heterocycles. The van der Waals surface area contributed by atoms with Crippen LogP contribution in [0.15, 0.2) is 29.2 Å². The van der Waals surface area contributed by atoms with Crippen molar-refractivity contribution in [1.82, 2.24) is 4.72 Å². The molecule has 100 valence electrons. The van der Waals surface area contributed by atoms with Crippen molar-refractivity contribution in [2.45, 2.75) is 38.1 Å². The van der Waals surface area contributed by atoms with Crippen LogP contribution in [0.3, 0.4) is 0 Å². The minimum absolute atomic E-state index is 0.173. The van der Waals surface area contributed by atoms with Gasteiger partial charge in [0, 0.05) is 18.2 Å². The maximum absolute atomic E-state index is 12.0. The molecule has 0 heterocycles. The molecule has 18 heavy (non-hydrogen) atoms. The van der Waals surface area contributed by atoms with Crippen molar-refractivity contribution in [1.29, 1.82) is 0 Å². The van der Waals surface area contributed by atoms with Crippen LogP contribution in [0.4, 0.5) is 5.69 Å². The maximum Gasteiger partial charge on any atom is 0.241 e. The number of benzene rings is 1. The SMILES string of the molecule is CC(=O)Nc1ccc(S(=O)(=O)NC(C)(C)C)cc1. The summed E-state index contributed by atoms with van der Waals surface area (Å²) in [5.41, 5.74) is 0.0343. The molecule has 0 aliphatic rings. The molecule has 1 amide bonds. The number of carbonyl (C=O) groups is 1. The van der Waals surface area contributed by atoms with Gasteiger partial charge in [-0.05, 0) is 45.0 Å². The van der Waals surface area contributed by atoms with E-state index < -0.39 is 15.6 Å². The number of carbonyl (C=O) groups excluding carboxylic acids is 1. The zero-order chi connectivity index (χ0) is 14.0. The lowest BCUT2D eigenvalue weighted by molar-refractivity contribution is -0.114. The molecule has 0 aromatic heterocycles. The van der Waals surface area contributed by atoms with Crippen molar-refractivity contribution < 1.29 is 13.2 Å². The fourth-order valence-corrected chi connectivity index (χ4v) is 2.80. The molecule has 1 aromatic carbocycles. The summed E-state index contributed by atoms with van der Waals surface area (Å²) >= 11 is 0. The molecule has 0 bridgehead atoms. The van der Waals surface area contributed by atoms with Gasteiger partial charge >= 0.3 is 0 Å². The summed E-state index contributed by atoms with van der Waals surface area (Å²) < 4.78 is 26.5. The van der Waals surface area contributed by atoms with Crippen molar-refractivity contribution in [3.05, 3.63) is 24.3 Å². The van der Waals surface area contributed by atoms with Crippen molar-refractivity contribution in [2.75, 3.05) is 5.32 Å². The first-order chi connectivity index (χ1) is 8.10. The number of rotatable bonds is 3. The Bertz CT molecular complexity index is 527. The van der Waals surface area contributed by atoms with Gasteiger partial charge < -0.3 is 5.32 Å². The van der Waals surface area contributed by atoms with Crippen molar-refractivity contribution >= 4 is 21.6 Å². The Kier molecular flexibility index (Phi) is 4.13. The van der Waals surface area contributed by atoms with Crippen LogP contribution in [-0.4, -0.2) is 19.9 Å². The average molecular weight is 270 g/mol. The number of anilines is 1. The van der Waals surface area contributed by atoms with Gasteiger partial charge in [-0.3, -0.25) is 4.79 Å². The highest BCUT2D eigenvalue weighted by Gasteiger charge is 2.21. The van der Waals surface area contributed by atoms with E-state index in [2.05, 4.69) is 10.0 Å². The predicted octanol–water partition coefficient (Wildman–Crippen LogP) is 1.72. The smallest absolute Gasteiger partial charge is 0.241 e. The highest BCUT2D eigenvalue weighted by Crippen LogP contribution is 2.16. The number of hydrogen-bond acceptors (Lipinski definition) is 3. The first-order valence-electron chi connectivity index (χ1n) is 5.52. The van der Waals surface area contributed by atoms with E-state index >= 15 is 0 Å². The third-order valence-electron chi connectivity index (χ3n) is 1.93. The van der Waals surface area contributed by atoms with Gasteiger partial charge in [-0.25, -0.2) is 13.1 Å². The van der Waals surface area contributed by atoms with Gasteiger partial charge in [0.25, 0.3) is 0 Å². The first-order valence-corrected chi connectivity index (χ1v) is 7.00. The molecule has 0 unspecified atom stereocenters. The average Bonchev–Trinajstić information content (AvgIpc) is 2.13. The highest BCUT2D eigenvalue weighted by molar-refractivity contribution is 7.89. The summed E-state index contributed by atoms with van der Waals surface area (Å²) in [6.07, 6.45) is 0. The predicted molar refractivity (Wildman–Crippen MR) is 70.8 cm³/mol. The molecule has 0 aliphatic carbocycles. The van der Waals surface area contributed by atoms with E-state index in [1.807, 2.05) is 0 Å². The normalized spacial score (nSPS) is 12.2. The summed E-state index contributed by atoms with van der Waals surface area (Å²) in [5, 5.41) is 2.58. The fourth-order valence-electron chi connectivity index (χ4n) is 1.38. The zero-order valence-corrected chi connectivity index (χ0v) is 11.8. The Morgan fingerprint density at radius 1 is 1.11 bits per heavy atom. The van der Waals surface area contributed by atoms with Crippen LogP contribution >= 0.6 is 0 Å². The molecular formula is C12H18N2O3S. The van der Waals surface area contributed by atoms with Crippen LogP contribution in [-0.2, 0) is 14.8 Å². The maximum atomic E-state index is 12.0. The zero-order valence-electron chi connectivity index (χ0n) is 10.9. The van der Waals surface area contributed by atoms with Gasteiger partial charge in [0.15, 0.2) is 0 Å². The highest BCUT2D eigenvalue weighted by atomic mass is 32.2. The number of sulfonamides is 1. The Morgan fingerprint density at radius 3 is 2.00 bits per heavy atom. The molecule has 0 saturated carbocycles. The molecule has 1 rings (SSSR count). The summed E-state index contributed by atoms with van der Waals surface area (Å²) in [7, 11) is -3.53. The van der Waals surface area contributed by atoms with Gasteiger partial charge in [-0.15, -0.1) is 0 Å². The second-order valence-corrected chi connectivity index (χ2v) is 6.74. The minimum atomic E-state index is -3.53. The molecule has 2 N–H and O–H groups in total. The molecule has 5 nitrogen and oxygen atoms in total. The summed E-state index contributed by atoms with van der Waals surface area (Å²) in [6, 6.07) is 6.02. The van der Waals surface area contributed by atoms with E-state index in [1.165, 1.54) is 19.1 Å². The summed E-state index contributed by atoms with van der Waals surface area (Å²) in [5.74, 6) is -0.196. The van der Waals surface area contributed by atoms with Crippen LogP contribution in [0.2, 0.25) is 0 Å². The third-order valence-corrected chi connectivity index (χ3v) is 3.70. The van der Waals surface area contributed by atoms with Crippen molar-refractivity contribution in [2.24, 2.45) is 0 Å². The summed E-state index contributed by atoms with van der Waals surface area (Å²) in [4.78, 5) is 11.0. The molecule has 0 atom stereocenters. The van der Waals surface area contributed by atoms with Crippen molar-refractivity contribution in [3.8, 4) is 0 Å². The Hall–Kier alpha value is -1.40. The molecule has 0 aliphatic heterocycles. The van der Waals surface area contributed by atoms with E-state index in [0.717, 1.165) is 0 Å². The van der Waals surface area contributed by atoms with Crippen molar-refractivity contribution in [3.63, 3.8) is 0 Å². The lowest BCUT2D eigenvalue weighted by Gasteiger charge is -2.20. The topological polar surface area (TPSA) is 75.3 Å². The quantitative estimate of drug-likeness (QED) is 0.878. The lowest BCUT2D eigenvalue weighted by Crippen LogP contribution is -2.40. The van der Waals surface area contributed by atoms with Crippen LogP contribution in [0.5, 0.6) is 0 Å². The van der Waals surface area contributed by atoms with Gasteiger partial charge in [-0.1, -0.05) is 0 Å². The van der Waals surface area contributed by atoms with Crippen LogP contribution in [0.1, 0.15) is 27.7 Å². The summed E-state index contributed by atoms with van der Waals surface area (Å²) in [6.45, 7) is 6.72. The van der Waals surface area contributed by atoms with E-state index in [0.29, 0.717) is 5.69 Å². The Morgan fingerprint density at radius 2 is 1.61 bits per heavy atom. The molecule has 0 spiro atoms. The second-order valence-electron chi connectivity index (χ2n) is 5.06. The first kappa shape index (κ1) is 14.7. The second kappa shape index (κ2) is 5.07. The molecule has 0 fully saturated rings. The van der Waals surface area contributed by atoms with E-state index in [1.54, 1.807) is 32.9 Å². The molecular weight excluding hydrogens is 252 g/mol. The van der Waals surface area contributed by atoms with Gasteiger partial charge in [0.05, 0.1) is 4.90 Å². The third kappa shape index (κ3) is 4.46. The lowest BCUT2D eigenvalue weighted by atomic mass is 10.1. The Labute approximate surface area is 108 Å². The number of nitrogens with one attached hydrogen (secondary N) is 2. The standard InChI is InChI=1S/C12H18N2O3S/c1-9(15)13-10-5-7-11(8-6-10)18(16,17)14-12(2,3)4/h5-8,14H,1-4H3,(H,13,15). The number of amides is 1. The minimum Gasteiger partial charge on any atom is -0.326 e.